The van der Waals surface area contributed by atoms with Gasteiger partial charge >= 0.3 is 48.3 Å². The molecule has 20 nitrogen and oxygen atoms in total. The number of hydrogen-bond donors (Lipinski definition) is 4. The van der Waals surface area contributed by atoms with Crippen LogP contribution in [0, 0.1) is 0 Å². The smallest absolute Gasteiger partial charge is 0.412 e. The molecule has 0 unspecified atom stereocenters. The van der Waals surface area contributed by atoms with Gasteiger partial charge in [-0.25, -0.2) is 38.4 Å². The lowest BCUT2D eigenvalue weighted by atomic mass is 9.85. The highest BCUT2D eigenvalue weighted by molar-refractivity contribution is 6.05. The van der Waals surface area contributed by atoms with Crippen LogP contribution in [0.3, 0.4) is 0 Å². The van der Waals surface area contributed by atoms with Crippen LogP contribution in [-0.2, 0) is 38.1 Å². The minimum Gasteiger partial charge on any atom is -0.461 e. The summed E-state index contributed by atoms with van der Waals surface area (Å²) in [6.07, 6.45) is 0.743. The summed E-state index contributed by atoms with van der Waals surface area (Å²) in [5, 5.41) is 9.95. The molecule has 0 saturated carbocycles. The Balaban J connectivity index is 1.73. The molecule has 0 radical (unpaired) electrons. The van der Waals surface area contributed by atoms with Gasteiger partial charge in [-0.05, 0) is 81.9 Å². The van der Waals surface area contributed by atoms with Gasteiger partial charge in [0.05, 0.1) is 26.2 Å². The number of hydrogen-bond acceptors (Lipinski definition) is 16. The summed E-state index contributed by atoms with van der Waals surface area (Å²) in [5.74, 6) is -1.94. The summed E-state index contributed by atoms with van der Waals surface area (Å²) in [6.45, 7) is 12.7. The van der Waals surface area contributed by atoms with Gasteiger partial charge < -0.3 is 59.2 Å². The van der Waals surface area contributed by atoms with Gasteiger partial charge in [0.1, 0.15) is 49.4 Å². The van der Waals surface area contributed by atoms with Crippen molar-refractivity contribution in [1.29, 1.82) is 0 Å². The maximum atomic E-state index is 12.6. The first-order valence-corrected chi connectivity index (χ1v) is 21.0. The molecule has 0 saturated heterocycles. The topological polar surface area (TPSA) is 259 Å². The summed E-state index contributed by atoms with van der Waals surface area (Å²) in [6, 6.07) is 26.0. The van der Waals surface area contributed by atoms with Gasteiger partial charge in [0.2, 0.25) is 0 Å². The van der Waals surface area contributed by atoms with Gasteiger partial charge in [0, 0.05) is 24.3 Å². The minimum absolute atomic E-state index is 0.0251. The largest absolute Gasteiger partial charge is 0.461 e. The fraction of sp³-hybridized carbons (Fsp3) is 0.160. The van der Waals surface area contributed by atoms with E-state index in [9.17, 15) is 38.4 Å². The first kappa shape index (κ1) is 53.2. The highest BCUT2D eigenvalue weighted by Crippen LogP contribution is 2.39. The molecule has 0 spiro atoms. The van der Waals surface area contributed by atoms with Crippen LogP contribution in [0.1, 0.15) is 22.3 Å². The molecule has 0 aromatic heterocycles. The zero-order valence-corrected chi connectivity index (χ0v) is 37.6. The van der Waals surface area contributed by atoms with Crippen molar-refractivity contribution in [2.75, 3.05) is 52.6 Å². The number of amides is 4. The molecular weight excluding hydrogens is 913 g/mol. The maximum Gasteiger partial charge on any atom is 0.412 e. The third-order valence-electron chi connectivity index (χ3n) is 8.79. The molecule has 0 aliphatic rings. The van der Waals surface area contributed by atoms with Gasteiger partial charge in [-0.1, -0.05) is 74.8 Å². The molecule has 4 amide bonds. The molecule has 70 heavy (non-hydrogen) atoms. The monoisotopic (exact) mass is 960 g/mol. The maximum absolute atomic E-state index is 12.6. The second-order valence-electron chi connectivity index (χ2n) is 13.6. The molecule has 0 aliphatic carbocycles. The molecule has 0 fully saturated rings. The predicted octanol–water partition coefficient (Wildman–Crippen LogP) is 5.96. The molecule has 4 rings (SSSR count). The second-order valence-corrected chi connectivity index (χ2v) is 13.6. The fourth-order valence-corrected chi connectivity index (χ4v) is 5.70. The molecule has 4 aromatic carbocycles. The lowest BCUT2D eigenvalue weighted by Crippen LogP contribution is -2.30. The van der Waals surface area contributed by atoms with Gasteiger partial charge in [0.15, 0.2) is 0 Å². The van der Waals surface area contributed by atoms with Crippen LogP contribution in [0.5, 0.6) is 23.0 Å². The number of ether oxygens (including phenoxy) is 8. The van der Waals surface area contributed by atoms with Crippen molar-refractivity contribution < 1.29 is 76.3 Å². The number of carbonyl (C=O) groups excluding carboxylic acids is 8. The molecule has 4 aromatic rings. The molecule has 364 valence electrons. The lowest BCUT2D eigenvalue weighted by molar-refractivity contribution is -0.138. The van der Waals surface area contributed by atoms with Crippen LogP contribution in [0.4, 0.5) is 19.2 Å². The van der Waals surface area contributed by atoms with E-state index in [1.165, 1.54) is 0 Å². The van der Waals surface area contributed by atoms with Crippen molar-refractivity contribution >= 4 is 59.4 Å². The summed E-state index contributed by atoms with van der Waals surface area (Å²) in [5.41, 5.74) is 3.53. The first-order chi connectivity index (χ1) is 33.8. The molecule has 4 N–H and O–H groups in total. The number of esters is 4. The highest BCUT2D eigenvalue weighted by Gasteiger charge is 2.19. The van der Waals surface area contributed by atoms with Crippen molar-refractivity contribution in [2.45, 2.75) is 0 Å². The number of carbonyl (C=O) groups is 8. The predicted molar refractivity (Wildman–Crippen MR) is 252 cm³/mol. The Bertz CT molecular complexity index is 2200. The Morgan fingerprint density at radius 3 is 0.686 bits per heavy atom. The van der Waals surface area contributed by atoms with Crippen LogP contribution in [0.25, 0.3) is 11.1 Å². The van der Waals surface area contributed by atoms with Crippen LogP contribution >= 0.6 is 0 Å². The Hall–Kier alpha value is -9.46. The van der Waals surface area contributed by atoms with E-state index < -0.39 is 48.3 Å². The standard InChI is InChI=1S/C50H48N4O16/c1-5-41(55)63-29-25-51-47(59)67-37-17-9-33(10-18-37)45(34-11-19-38(20-12-34)68-48(60)52-26-30-64-42(56)6-2)46(35-13-21-39(22-14-35)69-49(61)53-27-31-65-43(57)7-3)36-15-23-40(24-16-36)70-50(62)54-28-32-66-44(58)8-4/h5-24H,1-4,25-32H2,(H,51,59)(H,52,60)(H,53,61)(H,54,62). The summed E-state index contributed by atoms with van der Waals surface area (Å²) in [7, 11) is 0. The fourth-order valence-electron chi connectivity index (χ4n) is 5.70. The average molecular weight is 961 g/mol. The van der Waals surface area contributed by atoms with Crippen molar-refractivity contribution in [1.82, 2.24) is 21.3 Å². The van der Waals surface area contributed by atoms with E-state index in [0.29, 0.717) is 33.4 Å². The highest BCUT2D eigenvalue weighted by atomic mass is 16.6. The first-order valence-electron chi connectivity index (χ1n) is 21.0. The van der Waals surface area contributed by atoms with E-state index in [-0.39, 0.29) is 75.6 Å². The van der Waals surface area contributed by atoms with Gasteiger partial charge in [0.25, 0.3) is 0 Å². The van der Waals surface area contributed by atoms with Crippen LogP contribution in [0.15, 0.2) is 148 Å². The second kappa shape index (κ2) is 28.5. The summed E-state index contributed by atoms with van der Waals surface area (Å²) in [4.78, 5) is 95.7. The van der Waals surface area contributed by atoms with Crippen molar-refractivity contribution in [3.8, 4) is 23.0 Å². The van der Waals surface area contributed by atoms with Crippen LogP contribution in [-0.4, -0.2) is 101 Å². The minimum atomic E-state index is -0.810. The van der Waals surface area contributed by atoms with Crippen molar-refractivity contribution in [3.05, 3.63) is 170 Å². The zero-order chi connectivity index (χ0) is 50.7. The molecule has 0 heterocycles. The van der Waals surface area contributed by atoms with E-state index in [1.807, 2.05) is 0 Å². The molecular formula is C50H48N4O16. The third-order valence-corrected chi connectivity index (χ3v) is 8.79. The van der Waals surface area contributed by atoms with E-state index in [2.05, 4.69) is 47.6 Å². The summed E-state index contributed by atoms with van der Waals surface area (Å²) >= 11 is 0. The zero-order valence-electron chi connectivity index (χ0n) is 37.6. The lowest BCUT2D eigenvalue weighted by Gasteiger charge is -2.19. The Morgan fingerprint density at radius 2 is 0.514 bits per heavy atom. The normalized spacial score (nSPS) is 10.0. The molecule has 0 aliphatic heterocycles. The third kappa shape index (κ3) is 18.4. The molecule has 0 atom stereocenters. The van der Waals surface area contributed by atoms with E-state index in [0.717, 1.165) is 24.3 Å². The van der Waals surface area contributed by atoms with Gasteiger partial charge in [-0.15, -0.1) is 0 Å². The Kier molecular flexibility index (Phi) is 21.7. The van der Waals surface area contributed by atoms with E-state index >= 15 is 0 Å². The van der Waals surface area contributed by atoms with Crippen molar-refractivity contribution in [3.63, 3.8) is 0 Å². The molecule has 20 heteroatoms. The van der Waals surface area contributed by atoms with Crippen LogP contribution in [0.2, 0.25) is 0 Å². The Morgan fingerprint density at radius 1 is 0.329 bits per heavy atom. The molecule has 0 bridgehead atoms. The summed E-state index contributed by atoms with van der Waals surface area (Å²) < 4.78 is 41.3. The Labute approximate surface area is 401 Å². The van der Waals surface area contributed by atoms with E-state index in [1.54, 1.807) is 97.1 Å². The van der Waals surface area contributed by atoms with E-state index in [4.69, 9.17) is 37.9 Å². The van der Waals surface area contributed by atoms with Crippen LogP contribution < -0.4 is 40.2 Å². The number of rotatable bonds is 24. The van der Waals surface area contributed by atoms with Crippen molar-refractivity contribution in [2.24, 2.45) is 0 Å². The van der Waals surface area contributed by atoms with Gasteiger partial charge in [-0.3, -0.25) is 0 Å². The SMILES string of the molecule is C=CC(=O)OCCNC(=O)Oc1ccc(C(=C(c2ccc(OC(=O)NCCOC(=O)C=C)cc2)c2ccc(OC(=O)NCCOC(=O)C=C)cc2)c2ccc(OC(=O)NCCOC(=O)C=C)cc2)cc1. The number of nitrogens with one attached hydrogen (secondary N) is 4. The van der Waals surface area contributed by atoms with Gasteiger partial charge in [-0.2, -0.15) is 0 Å². The quantitative estimate of drug-likeness (QED) is 0.0208. The number of benzene rings is 4. The average Bonchev–Trinajstić information content (AvgIpc) is 3.37.